The van der Waals surface area contributed by atoms with E-state index in [-0.39, 0.29) is 0 Å². The van der Waals surface area contributed by atoms with Crippen LogP contribution >= 0.6 is 11.3 Å². The molecule has 19 heavy (non-hydrogen) atoms. The summed E-state index contributed by atoms with van der Waals surface area (Å²) >= 11 is 1.69. The van der Waals surface area contributed by atoms with E-state index in [0.29, 0.717) is 5.92 Å². The van der Waals surface area contributed by atoms with Crippen LogP contribution in [0.15, 0.2) is 0 Å². The monoisotopic (exact) mass is 277 g/mol. The summed E-state index contributed by atoms with van der Waals surface area (Å²) < 4.78 is 1.99. The van der Waals surface area contributed by atoms with Crippen LogP contribution in [0.1, 0.15) is 55.3 Å². The molecule has 0 radical (unpaired) electrons. The van der Waals surface area contributed by atoms with Crippen LogP contribution in [0.2, 0.25) is 0 Å². The first kappa shape index (κ1) is 11.8. The van der Waals surface area contributed by atoms with Gasteiger partial charge in [-0.1, -0.05) is 24.2 Å². The first-order valence-corrected chi connectivity index (χ1v) is 8.16. The minimum absolute atomic E-state index is 0.578. The predicted octanol–water partition coefficient (Wildman–Crippen LogP) is 2.14. The minimum atomic E-state index is 0.578. The standard InChI is InChI=1S/C13H19N5S/c1-2-4-9(3-1)12-15-16-13-18(12)17-11(19-13)7-8-14-10-5-6-10/h9-10,14H,1-8H2. The average molecular weight is 277 g/mol. The Kier molecular flexibility index (Phi) is 3.00. The van der Waals surface area contributed by atoms with Crippen molar-refractivity contribution in [2.75, 3.05) is 6.54 Å². The molecular formula is C13H19N5S. The molecule has 2 fully saturated rings. The second kappa shape index (κ2) is 4.83. The summed E-state index contributed by atoms with van der Waals surface area (Å²) in [7, 11) is 0. The molecule has 0 spiro atoms. The lowest BCUT2D eigenvalue weighted by Gasteiger charge is -2.03. The Hall–Kier alpha value is -1.01. The maximum absolute atomic E-state index is 4.70. The third-order valence-electron chi connectivity index (χ3n) is 4.13. The zero-order chi connectivity index (χ0) is 12.7. The normalized spacial score (nSPS) is 20.6. The van der Waals surface area contributed by atoms with Gasteiger partial charge < -0.3 is 5.32 Å². The van der Waals surface area contributed by atoms with Gasteiger partial charge in [-0.2, -0.15) is 9.61 Å². The zero-order valence-electron chi connectivity index (χ0n) is 11.0. The largest absolute Gasteiger partial charge is 0.314 e. The Morgan fingerprint density at radius 1 is 1.16 bits per heavy atom. The van der Waals surface area contributed by atoms with Gasteiger partial charge in [0.05, 0.1) is 0 Å². The maximum Gasteiger partial charge on any atom is 0.234 e. The molecule has 2 saturated carbocycles. The smallest absolute Gasteiger partial charge is 0.234 e. The molecule has 1 N–H and O–H groups in total. The quantitative estimate of drug-likeness (QED) is 0.909. The van der Waals surface area contributed by atoms with Crippen LogP contribution in [0.4, 0.5) is 0 Å². The Morgan fingerprint density at radius 3 is 2.79 bits per heavy atom. The summed E-state index contributed by atoms with van der Waals surface area (Å²) in [6.45, 7) is 1.04. The summed E-state index contributed by atoms with van der Waals surface area (Å²) in [5.41, 5.74) is 0. The van der Waals surface area contributed by atoms with Crippen molar-refractivity contribution in [1.82, 2.24) is 25.1 Å². The lowest BCUT2D eigenvalue weighted by molar-refractivity contribution is 0.632. The van der Waals surface area contributed by atoms with Crippen molar-refractivity contribution in [2.45, 2.75) is 56.9 Å². The number of rotatable bonds is 5. The van der Waals surface area contributed by atoms with Crippen molar-refractivity contribution < 1.29 is 0 Å². The number of nitrogens with one attached hydrogen (secondary N) is 1. The molecule has 2 aromatic rings. The highest BCUT2D eigenvalue weighted by Gasteiger charge is 2.24. The molecule has 0 aromatic carbocycles. The van der Waals surface area contributed by atoms with Gasteiger partial charge in [0.2, 0.25) is 4.96 Å². The van der Waals surface area contributed by atoms with Crippen LogP contribution in [-0.4, -0.2) is 32.4 Å². The second-order valence-corrected chi connectivity index (χ2v) is 6.75. The summed E-state index contributed by atoms with van der Waals surface area (Å²) in [6, 6.07) is 0.778. The van der Waals surface area contributed by atoms with Crippen LogP contribution in [0, 0.1) is 0 Å². The number of nitrogens with zero attached hydrogens (tertiary/aromatic N) is 4. The van der Waals surface area contributed by atoms with Crippen molar-refractivity contribution in [3.05, 3.63) is 10.8 Å². The maximum atomic E-state index is 4.70. The Balaban J connectivity index is 1.50. The van der Waals surface area contributed by atoms with Crippen molar-refractivity contribution in [3.8, 4) is 0 Å². The van der Waals surface area contributed by atoms with Crippen molar-refractivity contribution in [1.29, 1.82) is 0 Å². The van der Waals surface area contributed by atoms with Crippen LogP contribution < -0.4 is 5.32 Å². The van der Waals surface area contributed by atoms with Crippen LogP contribution in [0.25, 0.3) is 4.96 Å². The van der Waals surface area contributed by atoms with Gasteiger partial charge in [0.1, 0.15) is 5.01 Å². The number of fused-ring (bicyclic) bond motifs is 1. The predicted molar refractivity (Wildman–Crippen MR) is 74.6 cm³/mol. The van der Waals surface area contributed by atoms with E-state index in [1.807, 2.05) is 4.52 Å². The minimum Gasteiger partial charge on any atom is -0.314 e. The summed E-state index contributed by atoms with van der Waals surface area (Å²) in [4.78, 5) is 0.961. The lowest BCUT2D eigenvalue weighted by atomic mass is 10.1. The fourth-order valence-electron chi connectivity index (χ4n) is 2.88. The molecule has 0 saturated heterocycles. The van der Waals surface area contributed by atoms with Gasteiger partial charge in [-0.3, -0.25) is 0 Å². The molecule has 0 unspecified atom stereocenters. The summed E-state index contributed by atoms with van der Waals surface area (Å²) in [6.07, 6.45) is 8.83. The number of hydrogen-bond acceptors (Lipinski definition) is 5. The van der Waals surface area contributed by atoms with E-state index in [1.165, 1.54) is 43.5 Å². The van der Waals surface area contributed by atoms with Gasteiger partial charge in [0, 0.05) is 24.9 Å². The molecule has 0 bridgehead atoms. The topological polar surface area (TPSA) is 55.1 Å². The molecule has 2 aliphatic rings. The van der Waals surface area contributed by atoms with Gasteiger partial charge >= 0.3 is 0 Å². The molecule has 5 nitrogen and oxygen atoms in total. The molecule has 4 rings (SSSR count). The second-order valence-electron chi connectivity index (χ2n) is 5.71. The fourth-order valence-corrected chi connectivity index (χ4v) is 3.72. The molecule has 0 aliphatic heterocycles. The molecule has 2 heterocycles. The first-order valence-electron chi connectivity index (χ1n) is 7.34. The van der Waals surface area contributed by atoms with E-state index in [1.54, 1.807) is 11.3 Å². The number of aromatic nitrogens is 4. The summed E-state index contributed by atoms with van der Waals surface area (Å²) in [5, 5.41) is 18.0. The van der Waals surface area contributed by atoms with E-state index < -0.39 is 0 Å². The summed E-state index contributed by atoms with van der Waals surface area (Å²) in [5.74, 6) is 1.67. The Labute approximate surface area is 116 Å². The fraction of sp³-hybridized carbons (Fsp3) is 0.769. The highest BCUT2D eigenvalue weighted by Crippen LogP contribution is 2.33. The lowest BCUT2D eigenvalue weighted by Crippen LogP contribution is -2.19. The van der Waals surface area contributed by atoms with Gasteiger partial charge in [0.15, 0.2) is 5.82 Å². The zero-order valence-corrected chi connectivity index (χ0v) is 11.8. The molecule has 6 heteroatoms. The van der Waals surface area contributed by atoms with E-state index in [4.69, 9.17) is 5.10 Å². The highest BCUT2D eigenvalue weighted by molar-refractivity contribution is 7.16. The third-order valence-corrected chi connectivity index (χ3v) is 5.08. The molecule has 102 valence electrons. The van der Waals surface area contributed by atoms with Gasteiger partial charge in [-0.15, -0.1) is 10.2 Å². The Morgan fingerprint density at radius 2 is 2.00 bits per heavy atom. The number of hydrogen-bond donors (Lipinski definition) is 1. The SMILES string of the molecule is C1CCC(c2nnc3sc(CCNC4CC4)nn23)C1. The van der Waals surface area contributed by atoms with Crippen LogP contribution in [0.3, 0.4) is 0 Å². The van der Waals surface area contributed by atoms with Gasteiger partial charge in [0.25, 0.3) is 0 Å². The molecule has 0 atom stereocenters. The van der Waals surface area contributed by atoms with Crippen LogP contribution in [-0.2, 0) is 6.42 Å². The Bertz CT molecular complexity index is 565. The first-order chi connectivity index (χ1) is 9.40. The van der Waals surface area contributed by atoms with E-state index in [0.717, 1.165) is 29.8 Å². The van der Waals surface area contributed by atoms with E-state index in [2.05, 4.69) is 15.5 Å². The van der Waals surface area contributed by atoms with Crippen molar-refractivity contribution in [3.63, 3.8) is 0 Å². The average Bonchev–Trinajstić information content (AvgIpc) is 2.80. The van der Waals surface area contributed by atoms with Crippen LogP contribution in [0.5, 0.6) is 0 Å². The van der Waals surface area contributed by atoms with Crippen molar-refractivity contribution >= 4 is 16.3 Å². The van der Waals surface area contributed by atoms with Gasteiger partial charge in [-0.05, 0) is 25.7 Å². The highest BCUT2D eigenvalue weighted by atomic mass is 32.1. The van der Waals surface area contributed by atoms with E-state index in [9.17, 15) is 0 Å². The molecule has 0 amide bonds. The third kappa shape index (κ3) is 2.39. The van der Waals surface area contributed by atoms with Gasteiger partial charge in [-0.25, -0.2) is 0 Å². The van der Waals surface area contributed by atoms with Crippen molar-refractivity contribution in [2.24, 2.45) is 0 Å². The molecule has 2 aliphatic carbocycles. The van der Waals surface area contributed by atoms with E-state index >= 15 is 0 Å². The molecular weight excluding hydrogens is 258 g/mol. The molecule has 2 aromatic heterocycles.